The Morgan fingerprint density at radius 3 is 2.90 bits per heavy atom. The Morgan fingerprint density at radius 2 is 2.10 bits per heavy atom. The van der Waals surface area contributed by atoms with Gasteiger partial charge in [-0.3, -0.25) is 15.0 Å². The molecular weight excluding hydrogens is 562 g/mol. The minimum Gasteiger partial charge on any atom is -0.508 e. The summed E-state index contributed by atoms with van der Waals surface area (Å²) in [7, 11) is 1.44. The lowest BCUT2D eigenvalue weighted by Crippen LogP contribution is -2.42. The van der Waals surface area contributed by atoms with Gasteiger partial charge in [-0.2, -0.15) is 9.97 Å². The van der Waals surface area contributed by atoms with Crippen LogP contribution in [0, 0.1) is 5.82 Å². The highest BCUT2D eigenvalue weighted by Gasteiger charge is 2.35. The summed E-state index contributed by atoms with van der Waals surface area (Å²) in [4.78, 5) is 17.4. The number of hydrogen-bond acceptors (Lipinski definition) is 10. The van der Waals surface area contributed by atoms with E-state index in [4.69, 9.17) is 14.6 Å². The van der Waals surface area contributed by atoms with Crippen LogP contribution >= 0.6 is 11.9 Å². The fraction of sp³-hybridized carbons (Fsp3) is 0.433. The number of methoxy groups -OCH3 is 1. The SMILES string of the molecule is COc1nc(N2COCC(SN)C2)c2cnc(-c3cc(O)cc4ccc5c(c34)C5)c(F)c2n1.FC1CC2CCCN2C1. The molecule has 2 aromatic heterocycles. The monoisotopic (exact) mass is 594 g/mol. The second-order valence-electron chi connectivity index (χ2n) is 11.3. The molecule has 3 atom stereocenters. The molecule has 0 amide bonds. The zero-order valence-electron chi connectivity index (χ0n) is 23.2. The second kappa shape index (κ2) is 11.1. The minimum atomic E-state index is -0.595. The highest BCUT2D eigenvalue weighted by atomic mass is 32.2. The molecule has 12 heteroatoms. The number of nitrogens with two attached hydrogens (primary N) is 1. The van der Waals surface area contributed by atoms with Gasteiger partial charge in [0, 0.05) is 30.9 Å². The van der Waals surface area contributed by atoms with Crippen molar-refractivity contribution >= 4 is 39.4 Å². The van der Waals surface area contributed by atoms with Crippen molar-refractivity contribution in [3.8, 4) is 23.0 Å². The van der Waals surface area contributed by atoms with E-state index in [0.717, 1.165) is 35.7 Å². The van der Waals surface area contributed by atoms with Crippen LogP contribution in [-0.4, -0.2) is 82.5 Å². The van der Waals surface area contributed by atoms with Crippen molar-refractivity contribution < 1.29 is 23.4 Å². The van der Waals surface area contributed by atoms with Gasteiger partial charge in [-0.25, -0.2) is 8.78 Å². The summed E-state index contributed by atoms with van der Waals surface area (Å²) >= 11 is 1.22. The lowest BCUT2D eigenvalue weighted by molar-refractivity contribution is 0.111. The van der Waals surface area contributed by atoms with Crippen LogP contribution in [0.15, 0.2) is 30.5 Å². The summed E-state index contributed by atoms with van der Waals surface area (Å²) in [5, 5.41) is 18.3. The van der Waals surface area contributed by atoms with E-state index in [1.165, 1.54) is 37.5 Å². The fourth-order valence-corrected chi connectivity index (χ4v) is 6.93. The molecular formula is C30H32F2N6O3S. The standard InChI is InChI=1S/C23H20FN5O3S.C7H12FN/c1-31-23-27-21-17(22(28-23)29-8-14(33-25)9-32-10-29)7-26-20(19(21)24)16-6-13(30)4-12-3-2-11-5-15(11)18(12)16;8-6-4-7-2-1-3-9(7)5-6/h2-4,6-7,14,30H,5,8-10,25H2,1H3;6-7H,1-5H2. The Bertz CT molecular complexity index is 1660. The molecule has 3 aliphatic heterocycles. The van der Waals surface area contributed by atoms with Crippen LogP contribution in [0.25, 0.3) is 32.9 Å². The van der Waals surface area contributed by atoms with Crippen molar-refractivity contribution in [1.82, 2.24) is 19.9 Å². The number of hydrogen-bond donors (Lipinski definition) is 2. The molecule has 0 radical (unpaired) electrons. The van der Waals surface area contributed by atoms with Crippen LogP contribution in [0.1, 0.15) is 30.4 Å². The Kier molecular flexibility index (Phi) is 7.25. The normalized spacial score (nSPS) is 23.0. The van der Waals surface area contributed by atoms with Crippen LogP contribution in [0.3, 0.4) is 0 Å². The van der Waals surface area contributed by atoms with Gasteiger partial charge in [0.25, 0.3) is 0 Å². The molecule has 5 heterocycles. The van der Waals surface area contributed by atoms with E-state index in [2.05, 4.69) is 19.9 Å². The number of anilines is 1. The molecule has 1 aliphatic carbocycles. The molecule has 8 rings (SSSR count). The average Bonchev–Trinajstić information content (AvgIpc) is 3.54. The predicted molar refractivity (Wildman–Crippen MR) is 159 cm³/mol. The Hall–Kier alpha value is -3.32. The molecule has 3 unspecified atom stereocenters. The summed E-state index contributed by atoms with van der Waals surface area (Å²) < 4.78 is 39.5. The van der Waals surface area contributed by atoms with Gasteiger partial charge >= 0.3 is 6.01 Å². The van der Waals surface area contributed by atoms with Crippen molar-refractivity contribution in [2.75, 3.05) is 45.0 Å². The highest BCUT2D eigenvalue weighted by Crippen LogP contribution is 2.43. The first-order chi connectivity index (χ1) is 20.4. The number of rotatable bonds is 4. The van der Waals surface area contributed by atoms with Crippen molar-refractivity contribution in [3.05, 3.63) is 47.4 Å². The van der Waals surface area contributed by atoms with Crippen LogP contribution < -0.4 is 14.8 Å². The molecule has 4 aromatic rings. The number of fused-ring (bicyclic) bond motifs is 5. The topological polar surface area (TPSA) is 110 Å². The maximum absolute atomic E-state index is 16.0. The Labute approximate surface area is 246 Å². The number of phenols is 1. The van der Waals surface area contributed by atoms with E-state index in [1.807, 2.05) is 17.0 Å². The van der Waals surface area contributed by atoms with Crippen molar-refractivity contribution in [2.45, 2.75) is 43.1 Å². The third-order valence-corrected chi connectivity index (χ3v) is 9.23. The van der Waals surface area contributed by atoms with Gasteiger partial charge in [-0.15, -0.1) is 0 Å². The number of phenolic OH excluding ortho intramolecular Hbond substituents is 1. The first kappa shape index (κ1) is 27.5. The van der Waals surface area contributed by atoms with E-state index < -0.39 is 12.0 Å². The molecule has 2 aromatic carbocycles. The zero-order valence-corrected chi connectivity index (χ0v) is 24.0. The van der Waals surface area contributed by atoms with Gasteiger partial charge in [-0.05, 0) is 66.3 Å². The Balaban J connectivity index is 0.000000272. The smallest absolute Gasteiger partial charge is 0.318 e. The fourth-order valence-electron chi connectivity index (χ4n) is 6.49. The number of aromatic nitrogens is 3. The van der Waals surface area contributed by atoms with E-state index in [-0.39, 0.29) is 28.2 Å². The van der Waals surface area contributed by atoms with E-state index in [9.17, 15) is 9.50 Å². The van der Waals surface area contributed by atoms with Crippen LogP contribution in [0.4, 0.5) is 14.6 Å². The van der Waals surface area contributed by atoms with Crippen LogP contribution in [0.2, 0.25) is 0 Å². The van der Waals surface area contributed by atoms with E-state index >= 15 is 4.39 Å². The quantitative estimate of drug-likeness (QED) is 0.287. The highest BCUT2D eigenvalue weighted by molar-refractivity contribution is 7.97. The van der Waals surface area contributed by atoms with Gasteiger partial charge in [0.2, 0.25) is 0 Å². The minimum absolute atomic E-state index is 0.0455. The van der Waals surface area contributed by atoms with Crippen LogP contribution in [-0.2, 0) is 11.2 Å². The molecule has 3 fully saturated rings. The molecule has 3 N–H and O–H groups in total. The zero-order chi connectivity index (χ0) is 29.0. The van der Waals surface area contributed by atoms with Crippen LogP contribution in [0.5, 0.6) is 11.8 Å². The number of nitrogens with zero attached hydrogens (tertiary/aromatic N) is 5. The van der Waals surface area contributed by atoms with Crippen molar-refractivity contribution in [2.24, 2.45) is 5.14 Å². The van der Waals surface area contributed by atoms with E-state index in [0.29, 0.717) is 49.2 Å². The third kappa shape index (κ3) is 5.00. The number of benzene rings is 2. The lowest BCUT2D eigenvalue weighted by atomic mass is 10.00. The number of pyridine rings is 1. The first-order valence-electron chi connectivity index (χ1n) is 14.2. The summed E-state index contributed by atoms with van der Waals surface area (Å²) in [6, 6.07) is 7.86. The number of alkyl halides is 1. The molecule has 4 aliphatic rings. The summed E-state index contributed by atoms with van der Waals surface area (Å²) in [6.07, 6.45) is 5.23. The molecule has 42 heavy (non-hydrogen) atoms. The van der Waals surface area contributed by atoms with Gasteiger partial charge in [-0.1, -0.05) is 24.1 Å². The van der Waals surface area contributed by atoms with Crippen molar-refractivity contribution in [3.63, 3.8) is 0 Å². The van der Waals surface area contributed by atoms with Crippen molar-refractivity contribution in [1.29, 1.82) is 0 Å². The largest absolute Gasteiger partial charge is 0.508 e. The summed E-state index contributed by atoms with van der Waals surface area (Å²) in [6.45, 7) is 3.27. The molecule has 220 valence electrons. The molecule has 0 saturated carbocycles. The van der Waals surface area contributed by atoms with Gasteiger partial charge in [0.1, 0.15) is 35.7 Å². The molecule has 3 saturated heterocycles. The first-order valence-corrected chi connectivity index (χ1v) is 15.1. The predicted octanol–water partition coefficient (Wildman–Crippen LogP) is 4.56. The number of ether oxygens (including phenoxy) is 2. The Morgan fingerprint density at radius 1 is 1.21 bits per heavy atom. The number of halogens is 2. The maximum atomic E-state index is 16.0. The van der Waals surface area contributed by atoms with Gasteiger partial charge < -0.3 is 19.5 Å². The lowest BCUT2D eigenvalue weighted by Gasteiger charge is -2.32. The van der Waals surface area contributed by atoms with Gasteiger partial charge in [0.15, 0.2) is 5.82 Å². The summed E-state index contributed by atoms with van der Waals surface area (Å²) in [5.74, 6) is -0.0694. The molecule has 9 nitrogen and oxygen atoms in total. The molecule has 0 spiro atoms. The van der Waals surface area contributed by atoms with E-state index in [1.54, 1.807) is 18.3 Å². The third-order valence-electron chi connectivity index (χ3n) is 8.56. The maximum Gasteiger partial charge on any atom is 0.318 e. The van der Waals surface area contributed by atoms with Gasteiger partial charge in [0.05, 0.1) is 24.4 Å². The average molecular weight is 595 g/mol. The summed E-state index contributed by atoms with van der Waals surface area (Å²) in [5.41, 5.74) is 3.14. The molecule has 0 bridgehead atoms. The second-order valence-corrected chi connectivity index (χ2v) is 12.2. The number of aromatic hydroxyl groups is 1.